The lowest BCUT2D eigenvalue weighted by atomic mass is 10.0. The molecule has 1 amide bonds. The lowest BCUT2D eigenvalue weighted by molar-refractivity contribution is 0.0351. The van der Waals surface area contributed by atoms with Crippen LogP contribution in [-0.4, -0.2) is 54.0 Å². The van der Waals surface area contributed by atoms with Crippen LogP contribution in [0.3, 0.4) is 0 Å². The van der Waals surface area contributed by atoms with Crippen molar-refractivity contribution in [2.24, 2.45) is 0 Å². The molecule has 1 saturated heterocycles. The van der Waals surface area contributed by atoms with Gasteiger partial charge in [0.05, 0.1) is 24.5 Å². The Morgan fingerprint density at radius 3 is 2.31 bits per heavy atom. The van der Waals surface area contributed by atoms with E-state index in [2.05, 4.69) is 0 Å². The number of ether oxygens (including phenoxy) is 2. The minimum atomic E-state index is 0.00699. The van der Waals surface area contributed by atoms with Crippen molar-refractivity contribution in [3.63, 3.8) is 0 Å². The molecule has 3 aromatic rings. The number of para-hydroxylation sites is 1. The van der Waals surface area contributed by atoms with E-state index < -0.39 is 0 Å². The van der Waals surface area contributed by atoms with Crippen molar-refractivity contribution in [3.8, 4) is 22.7 Å². The summed E-state index contributed by atoms with van der Waals surface area (Å²) in [5.41, 5.74) is 3.08. The van der Waals surface area contributed by atoms with Crippen molar-refractivity contribution in [1.29, 1.82) is 0 Å². The molecule has 29 heavy (non-hydrogen) atoms. The molecule has 1 aromatic heterocycles. The van der Waals surface area contributed by atoms with Gasteiger partial charge in [-0.25, -0.2) is 4.68 Å². The average molecular weight is 391 g/mol. The number of rotatable bonds is 5. The van der Waals surface area contributed by atoms with Crippen LogP contribution in [0.1, 0.15) is 23.2 Å². The minimum absolute atomic E-state index is 0.00699. The summed E-state index contributed by atoms with van der Waals surface area (Å²) in [6.07, 6.45) is 3.77. The quantitative estimate of drug-likeness (QED) is 0.664. The van der Waals surface area contributed by atoms with Gasteiger partial charge >= 0.3 is 0 Å². The number of nitrogens with zero attached hydrogens (tertiary/aromatic N) is 3. The third-order valence-corrected chi connectivity index (χ3v) is 5.39. The van der Waals surface area contributed by atoms with Gasteiger partial charge in [0.1, 0.15) is 11.4 Å². The second-order valence-electron chi connectivity index (χ2n) is 7.13. The predicted molar refractivity (Wildman–Crippen MR) is 111 cm³/mol. The van der Waals surface area contributed by atoms with Gasteiger partial charge in [0.15, 0.2) is 0 Å². The standard InChI is InChI=1S/C23H25N3O3/c1-28-19-10-8-17(9-11-19)22-21(16-26(24-22)18-6-4-3-5-7-18)23(27)25-14-12-20(29-2)13-15-25/h3-11,16,20H,12-15H2,1-2H3. The number of benzene rings is 2. The average Bonchev–Trinajstić information content (AvgIpc) is 3.25. The zero-order valence-electron chi connectivity index (χ0n) is 16.7. The SMILES string of the molecule is COc1ccc(-c2nn(-c3ccccc3)cc2C(=O)N2CCC(OC)CC2)cc1. The van der Waals surface area contributed by atoms with E-state index in [-0.39, 0.29) is 12.0 Å². The molecule has 0 aliphatic carbocycles. The predicted octanol–water partition coefficient (Wildman–Crippen LogP) is 3.80. The van der Waals surface area contributed by atoms with Crippen molar-refractivity contribution in [2.45, 2.75) is 18.9 Å². The highest BCUT2D eigenvalue weighted by molar-refractivity contribution is 6.00. The fraction of sp³-hybridized carbons (Fsp3) is 0.304. The van der Waals surface area contributed by atoms with Crippen molar-refractivity contribution >= 4 is 5.91 Å². The van der Waals surface area contributed by atoms with Crippen LogP contribution in [0.4, 0.5) is 0 Å². The van der Waals surface area contributed by atoms with Crippen molar-refractivity contribution in [3.05, 3.63) is 66.4 Å². The van der Waals surface area contributed by atoms with Gasteiger partial charge in [-0.1, -0.05) is 18.2 Å². The summed E-state index contributed by atoms with van der Waals surface area (Å²) in [5.74, 6) is 0.776. The van der Waals surface area contributed by atoms with Crippen LogP contribution in [0, 0.1) is 0 Å². The van der Waals surface area contributed by atoms with E-state index in [0.717, 1.165) is 29.8 Å². The number of piperidine rings is 1. The topological polar surface area (TPSA) is 56.6 Å². The molecule has 150 valence electrons. The van der Waals surface area contributed by atoms with Crippen LogP contribution in [0.15, 0.2) is 60.8 Å². The highest BCUT2D eigenvalue weighted by Gasteiger charge is 2.27. The smallest absolute Gasteiger partial charge is 0.257 e. The minimum Gasteiger partial charge on any atom is -0.497 e. The zero-order valence-corrected chi connectivity index (χ0v) is 16.7. The molecule has 4 rings (SSSR count). The summed E-state index contributed by atoms with van der Waals surface area (Å²) >= 11 is 0. The Balaban J connectivity index is 1.70. The lowest BCUT2D eigenvalue weighted by Crippen LogP contribution is -2.40. The number of carbonyl (C=O) groups excluding carboxylic acids is 1. The van der Waals surface area contributed by atoms with Crippen molar-refractivity contribution in [1.82, 2.24) is 14.7 Å². The van der Waals surface area contributed by atoms with Gasteiger partial charge in [0, 0.05) is 32.0 Å². The van der Waals surface area contributed by atoms with Gasteiger partial charge < -0.3 is 14.4 Å². The van der Waals surface area contributed by atoms with Gasteiger partial charge in [-0.2, -0.15) is 5.10 Å². The zero-order chi connectivity index (χ0) is 20.2. The highest BCUT2D eigenvalue weighted by Crippen LogP contribution is 2.28. The Hall–Kier alpha value is -3.12. The van der Waals surface area contributed by atoms with Crippen molar-refractivity contribution in [2.75, 3.05) is 27.3 Å². The van der Waals surface area contributed by atoms with Crippen LogP contribution < -0.4 is 4.74 Å². The third-order valence-electron chi connectivity index (χ3n) is 5.39. The molecule has 6 heteroatoms. The fourth-order valence-electron chi connectivity index (χ4n) is 3.67. The van der Waals surface area contributed by atoms with Crippen LogP contribution in [0.2, 0.25) is 0 Å². The number of aromatic nitrogens is 2. The Morgan fingerprint density at radius 1 is 1.00 bits per heavy atom. The number of methoxy groups -OCH3 is 2. The second kappa shape index (κ2) is 8.49. The Kier molecular flexibility index (Phi) is 5.62. The van der Waals surface area contributed by atoms with E-state index in [4.69, 9.17) is 14.6 Å². The van der Waals surface area contributed by atoms with E-state index >= 15 is 0 Å². The molecule has 0 radical (unpaired) electrons. The molecule has 1 aliphatic rings. The molecule has 1 aliphatic heterocycles. The first-order chi connectivity index (χ1) is 14.2. The third kappa shape index (κ3) is 4.03. The maximum atomic E-state index is 13.4. The van der Waals surface area contributed by atoms with E-state index in [1.54, 1.807) is 18.9 Å². The number of carbonyl (C=O) groups is 1. The number of amides is 1. The van der Waals surface area contributed by atoms with Crippen LogP contribution in [0.25, 0.3) is 16.9 Å². The van der Waals surface area contributed by atoms with Gasteiger partial charge in [-0.3, -0.25) is 4.79 Å². The molecule has 2 heterocycles. The fourth-order valence-corrected chi connectivity index (χ4v) is 3.67. The van der Waals surface area contributed by atoms with Crippen LogP contribution >= 0.6 is 0 Å². The Morgan fingerprint density at radius 2 is 1.69 bits per heavy atom. The number of hydrogen-bond donors (Lipinski definition) is 0. The first kappa shape index (κ1) is 19.2. The summed E-state index contributed by atoms with van der Waals surface area (Å²) in [5, 5.41) is 4.76. The monoisotopic (exact) mass is 391 g/mol. The summed E-state index contributed by atoms with van der Waals surface area (Å²) in [4.78, 5) is 15.3. The molecule has 0 saturated carbocycles. The maximum Gasteiger partial charge on any atom is 0.257 e. The molecule has 0 atom stereocenters. The molecule has 0 N–H and O–H groups in total. The molecule has 2 aromatic carbocycles. The summed E-state index contributed by atoms with van der Waals surface area (Å²) in [7, 11) is 3.37. The van der Waals surface area contributed by atoms with E-state index in [9.17, 15) is 4.79 Å². The first-order valence-corrected chi connectivity index (χ1v) is 9.81. The summed E-state index contributed by atoms with van der Waals surface area (Å²) in [6, 6.07) is 17.5. The molecule has 0 bridgehead atoms. The largest absolute Gasteiger partial charge is 0.497 e. The summed E-state index contributed by atoms with van der Waals surface area (Å²) in [6.45, 7) is 1.38. The van der Waals surface area contributed by atoms with E-state index in [1.807, 2.05) is 65.7 Å². The summed E-state index contributed by atoms with van der Waals surface area (Å²) < 4.78 is 12.5. The number of likely N-dealkylation sites (tertiary alicyclic amines) is 1. The van der Waals surface area contributed by atoms with Crippen molar-refractivity contribution < 1.29 is 14.3 Å². The second-order valence-corrected chi connectivity index (χ2v) is 7.13. The first-order valence-electron chi connectivity index (χ1n) is 9.81. The Bertz CT molecular complexity index is 959. The van der Waals surface area contributed by atoms with Gasteiger partial charge in [0.25, 0.3) is 5.91 Å². The molecule has 1 fully saturated rings. The molecular formula is C23H25N3O3. The number of hydrogen-bond acceptors (Lipinski definition) is 4. The van der Waals surface area contributed by atoms with E-state index in [1.165, 1.54) is 0 Å². The molecule has 0 unspecified atom stereocenters. The van der Waals surface area contributed by atoms with Gasteiger partial charge in [0.2, 0.25) is 0 Å². The van der Waals surface area contributed by atoms with Crippen LogP contribution in [-0.2, 0) is 4.74 Å². The Labute approximate surface area is 170 Å². The van der Waals surface area contributed by atoms with Gasteiger partial charge in [-0.15, -0.1) is 0 Å². The van der Waals surface area contributed by atoms with Gasteiger partial charge in [-0.05, 0) is 49.2 Å². The molecule has 6 nitrogen and oxygen atoms in total. The van der Waals surface area contributed by atoms with E-state index in [0.29, 0.717) is 24.3 Å². The molecule has 0 spiro atoms. The van der Waals surface area contributed by atoms with Crippen LogP contribution in [0.5, 0.6) is 5.75 Å². The lowest BCUT2D eigenvalue weighted by Gasteiger charge is -2.31. The molecular weight excluding hydrogens is 366 g/mol. The normalized spacial score (nSPS) is 14.8. The maximum absolute atomic E-state index is 13.4. The highest BCUT2D eigenvalue weighted by atomic mass is 16.5.